The third-order valence-corrected chi connectivity index (χ3v) is 7.97. The molecule has 0 radical (unpaired) electrons. The van der Waals surface area contributed by atoms with Crippen LogP contribution >= 0.6 is 22.9 Å². The summed E-state index contributed by atoms with van der Waals surface area (Å²) < 4.78 is 11.8. The van der Waals surface area contributed by atoms with Crippen LogP contribution in [0.3, 0.4) is 0 Å². The van der Waals surface area contributed by atoms with E-state index in [2.05, 4.69) is 11.9 Å². The van der Waals surface area contributed by atoms with Gasteiger partial charge in [-0.2, -0.15) is 0 Å². The lowest BCUT2D eigenvalue weighted by atomic mass is 9.95. The van der Waals surface area contributed by atoms with Crippen molar-refractivity contribution in [3.8, 4) is 11.5 Å². The van der Waals surface area contributed by atoms with Crippen LogP contribution < -0.4 is 14.4 Å². The number of ketones is 2. The van der Waals surface area contributed by atoms with Gasteiger partial charge < -0.3 is 14.6 Å². The molecule has 8 nitrogen and oxygen atoms in total. The Bertz CT molecular complexity index is 1460. The average molecular weight is 583 g/mol. The molecular formula is C30H31ClN2O6S. The van der Waals surface area contributed by atoms with Crippen LogP contribution in [-0.4, -0.2) is 40.8 Å². The zero-order valence-electron chi connectivity index (χ0n) is 22.8. The highest BCUT2D eigenvalue weighted by Crippen LogP contribution is 2.45. The molecule has 1 amide bonds. The molecule has 0 bridgehead atoms. The minimum atomic E-state index is -1.03. The van der Waals surface area contributed by atoms with Crippen LogP contribution in [0.1, 0.15) is 72.6 Å². The second-order valence-corrected chi connectivity index (χ2v) is 10.8. The minimum Gasteiger partial charge on any atom is -0.507 e. The van der Waals surface area contributed by atoms with Gasteiger partial charge in [0.1, 0.15) is 5.76 Å². The third-order valence-electron chi connectivity index (χ3n) is 6.46. The number of ether oxygens (including phenoxy) is 2. The molecule has 1 aliphatic rings. The zero-order chi connectivity index (χ0) is 29.0. The predicted molar refractivity (Wildman–Crippen MR) is 156 cm³/mol. The first kappa shape index (κ1) is 29.3. The van der Waals surface area contributed by atoms with Gasteiger partial charge >= 0.3 is 5.91 Å². The standard InChI is InChI=1S/C30H31ClN2O6S/c1-5-7-8-15-39-22-14-11-20(16-23(22)38-6-2)25-24(26(35)19-9-12-21(31)13-10-19)27(36)29(37)33(25)30-32-17(3)28(40-30)18(4)34/h9-14,16,25,35H,5-8,15H2,1-4H3. The van der Waals surface area contributed by atoms with Gasteiger partial charge in [-0.05, 0) is 62.2 Å². The molecule has 0 saturated carbocycles. The molecule has 2 aromatic carbocycles. The molecule has 210 valence electrons. The van der Waals surface area contributed by atoms with E-state index >= 15 is 0 Å². The Hall–Kier alpha value is -3.69. The van der Waals surface area contributed by atoms with E-state index in [1.54, 1.807) is 49.4 Å². The smallest absolute Gasteiger partial charge is 0.301 e. The van der Waals surface area contributed by atoms with Crippen LogP contribution in [0, 0.1) is 6.92 Å². The van der Waals surface area contributed by atoms with Crippen LogP contribution in [0.2, 0.25) is 5.02 Å². The molecule has 0 aliphatic carbocycles. The second-order valence-electron chi connectivity index (χ2n) is 9.34. The SMILES string of the molecule is CCCCCOc1ccc(C2C(=C(O)c3ccc(Cl)cc3)C(=O)C(=O)N2c2nc(C)c(C(C)=O)s2)cc1OCC. The van der Waals surface area contributed by atoms with Crippen molar-refractivity contribution in [2.75, 3.05) is 18.1 Å². The van der Waals surface area contributed by atoms with Crippen molar-refractivity contribution in [1.29, 1.82) is 0 Å². The molecule has 0 spiro atoms. The normalized spacial score (nSPS) is 16.4. The van der Waals surface area contributed by atoms with E-state index in [1.807, 2.05) is 6.92 Å². The first-order valence-electron chi connectivity index (χ1n) is 13.1. The quantitative estimate of drug-likeness (QED) is 0.0861. The molecule has 10 heteroatoms. The van der Waals surface area contributed by atoms with E-state index in [9.17, 15) is 19.5 Å². The Labute approximate surface area is 242 Å². The average Bonchev–Trinajstić information content (AvgIpc) is 3.44. The van der Waals surface area contributed by atoms with Gasteiger partial charge in [-0.1, -0.05) is 48.8 Å². The number of amides is 1. The molecule has 2 heterocycles. The summed E-state index contributed by atoms with van der Waals surface area (Å²) in [5.41, 5.74) is 1.18. The monoisotopic (exact) mass is 582 g/mol. The molecule has 1 atom stereocenters. The molecule has 1 aromatic heterocycles. The number of unbranched alkanes of at least 4 members (excludes halogenated alkanes) is 2. The van der Waals surface area contributed by atoms with E-state index in [-0.39, 0.29) is 22.2 Å². The van der Waals surface area contributed by atoms with Gasteiger partial charge in [0.15, 0.2) is 22.4 Å². The summed E-state index contributed by atoms with van der Waals surface area (Å²) >= 11 is 7.06. The number of aromatic nitrogens is 1. The fourth-order valence-corrected chi connectivity index (χ4v) is 5.65. The van der Waals surface area contributed by atoms with Gasteiger partial charge in [0, 0.05) is 17.5 Å². The number of benzene rings is 2. The molecule has 1 unspecified atom stereocenters. The highest BCUT2D eigenvalue weighted by atomic mass is 35.5. The number of aliphatic hydroxyl groups excluding tert-OH is 1. The Morgan fingerprint density at radius 2 is 1.80 bits per heavy atom. The van der Waals surface area contributed by atoms with E-state index in [4.69, 9.17) is 21.1 Å². The second kappa shape index (κ2) is 12.7. The fraction of sp³-hybridized carbons (Fsp3) is 0.333. The molecular weight excluding hydrogens is 552 g/mol. The summed E-state index contributed by atoms with van der Waals surface area (Å²) in [6, 6.07) is 10.5. The predicted octanol–water partition coefficient (Wildman–Crippen LogP) is 6.90. The van der Waals surface area contributed by atoms with Gasteiger partial charge in [-0.3, -0.25) is 19.3 Å². The zero-order valence-corrected chi connectivity index (χ0v) is 24.4. The molecule has 1 aliphatic heterocycles. The van der Waals surface area contributed by atoms with Crippen molar-refractivity contribution in [2.45, 2.75) is 53.0 Å². The Morgan fingerprint density at radius 1 is 1.07 bits per heavy atom. The number of rotatable bonds is 11. The molecule has 40 heavy (non-hydrogen) atoms. The van der Waals surface area contributed by atoms with Crippen LogP contribution in [-0.2, 0) is 9.59 Å². The Morgan fingerprint density at radius 3 is 2.42 bits per heavy atom. The molecule has 1 N–H and O–H groups in total. The number of Topliss-reactive ketones (excluding diaryl/α,β-unsaturated/α-hetero) is 2. The number of nitrogens with zero attached hydrogens (tertiary/aromatic N) is 2. The number of anilines is 1. The molecule has 4 rings (SSSR count). The van der Waals surface area contributed by atoms with E-state index in [0.717, 1.165) is 30.6 Å². The number of hydrogen-bond acceptors (Lipinski definition) is 8. The first-order valence-corrected chi connectivity index (χ1v) is 14.3. The first-order chi connectivity index (χ1) is 19.2. The van der Waals surface area contributed by atoms with Gasteiger partial charge in [-0.25, -0.2) is 4.98 Å². The van der Waals surface area contributed by atoms with E-state index in [1.165, 1.54) is 11.8 Å². The number of halogens is 1. The number of aryl methyl sites for hydroxylation is 1. The summed E-state index contributed by atoms with van der Waals surface area (Å²) in [7, 11) is 0. The Balaban J connectivity index is 1.88. The molecule has 1 fully saturated rings. The lowest BCUT2D eigenvalue weighted by Gasteiger charge is -2.24. The van der Waals surface area contributed by atoms with Gasteiger partial charge in [0.2, 0.25) is 0 Å². The summed E-state index contributed by atoms with van der Waals surface area (Å²) in [5.74, 6) is -1.28. The van der Waals surface area contributed by atoms with Crippen LogP contribution in [0.4, 0.5) is 5.13 Å². The van der Waals surface area contributed by atoms with Crippen LogP contribution in [0.15, 0.2) is 48.0 Å². The maximum absolute atomic E-state index is 13.5. The lowest BCUT2D eigenvalue weighted by molar-refractivity contribution is -0.132. The summed E-state index contributed by atoms with van der Waals surface area (Å²) in [5, 5.41) is 12.0. The number of aliphatic hydroxyl groups is 1. The van der Waals surface area contributed by atoms with E-state index < -0.39 is 17.7 Å². The van der Waals surface area contributed by atoms with Crippen molar-refractivity contribution in [1.82, 2.24) is 4.98 Å². The topological polar surface area (TPSA) is 106 Å². The van der Waals surface area contributed by atoms with Crippen LogP contribution in [0.5, 0.6) is 11.5 Å². The maximum atomic E-state index is 13.5. The third kappa shape index (κ3) is 5.90. The van der Waals surface area contributed by atoms with Crippen molar-refractivity contribution in [3.63, 3.8) is 0 Å². The Kier molecular flexibility index (Phi) is 9.27. The summed E-state index contributed by atoms with van der Waals surface area (Å²) in [6.07, 6.45) is 3.00. The highest BCUT2D eigenvalue weighted by Gasteiger charge is 2.48. The minimum absolute atomic E-state index is 0.108. The summed E-state index contributed by atoms with van der Waals surface area (Å²) in [4.78, 5) is 45.2. The van der Waals surface area contributed by atoms with Crippen molar-refractivity contribution in [2.24, 2.45) is 0 Å². The van der Waals surface area contributed by atoms with Crippen LogP contribution in [0.25, 0.3) is 5.76 Å². The fourth-order valence-electron chi connectivity index (χ4n) is 4.54. The maximum Gasteiger partial charge on any atom is 0.301 e. The number of thiazole rings is 1. The van der Waals surface area contributed by atoms with Gasteiger partial charge in [-0.15, -0.1) is 0 Å². The van der Waals surface area contributed by atoms with E-state index in [0.29, 0.717) is 51.4 Å². The van der Waals surface area contributed by atoms with Gasteiger partial charge in [0.25, 0.3) is 5.78 Å². The van der Waals surface area contributed by atoms with Crippen molar-refractivity contribution in [3.05, 3.63) is 74.8 Å². The lowest BCUT2D eigenvalue weighted by Crippen LogP contribution is -2.29. The molecule has 1 saturated heterocycles. The van der Waals surface area contributed by atoms with Gasteiger partial charge in [0.05, 0.1) is 35.4 Å². The van der Waals surface area contributed by atoms with Crippen molar-refractivity contribution >= 4 is 51.3 Å². The number of carbonyl (C=O) groups is 3. The summed E-state index contributed by atoms with van der Waals surface area (Å²) in [6.45, 7) is 7.95. The number of carbonyl (C=O) groups excluding carboxylic acids is 3. The number of hydrogen-bond donors (Lipinski definition) is 1. The van der Waals surface area contributed by atoms with Crippen molar-refractivity contribution < 1.29 is 29.0 Å². The molecule has 3 aromatic rings. The largest absolute Gasteiger partial charge is 0.507 e. The highest BCUT2D eigenvalue weighted by molar-refractivity contribution is 7.18.